The van der Waals surface area contributed by atoms with Crippen LogP contribution in [0.5, 0.6) is 0 Å². The van der Waals surface area contributed by atoms with Gasteiger partial charge in [0, 0.05) is 19.3 Å². The zero-order valence-electron chi connectivity index (χ0n) is 12.1. The molecule has 8 heteroatoms. The molecule has 0 amide bonds. The fourth-order valence-corrected chi connectivity index (χ4v) is 5.65. The summed E-state index contributed by atoms with van der Waals surface area (Å²) in [5, 5.41) is 0. The highest BCUT2D eigenvalue weighted by Crippen LogP contribution is 2.13. The second-order valence-electron chi connectivity index (χ2n) is 3.75. The Morgan fingerprint density at radius 1 is 1.16 bits per heavy atom. The minimum Gasteiger partial charge on any atom is -0.460 e. The van der Waals surface area contributed by atoms with Gasteiger partial charge in [0.1, 0.15) is 6.61 Å². The van der Waals surface area contributed by atoms with Crippen LogP contribution in [0.15, 0.2) is 12.7 Å². The molecule has 0 bridgehead atoms. The second kappa shape index (κ2) is 10.3. The van der Waals surface area contributed by atoms with Crippen molar-refractivity contribution in [1.29, 1.82) is 0 Å². The van der Waals surface area contributed by atoms with E-state index >= 15 is 0 Å². The molecule has 0 radical (unpaired) electrons. The monoisotopic (exact) mass is 308 g/mol. The molecule has 0 aromatic rings. The number of carbonyl (C=O) groups is 1. The lowest BCUT2D eigenvalue weighted by Crippen LogP contribution is -2.52. The molecular formula is C11H24O6Si2. The van der Waals surface area contributed by atoms with E-state index in [4.69, 9.17) is 22.1 Å². The molecule has 0 aliphatic heterocycles. The summed E-state index contributed by atoms with van der Waals surface area (Å²) in [6.07, 6.45) is 1.10. The lowest BCUT2D eigenvalue weighted by molar-refractivity contribution is -0.139. The van der Waals surface area contributed by atoms with Gasteiger partial charge in [-0.1, -0.05) is 6.58 Å². The highest BCUT2D eigenvalue weighted by molar-refractivity contribution is 6.65. The van der Waals surface area contributed by atoms with Crippen LogP contribution >= 0.6 is 0 Å². The molecule has 0 saturated carbocycles. The van der Waals surface area contributed by atoms with E-state index in [0.717, 1.165) is 6.08 Å². The second-order valence-corrected chi connectivity index (χ2v) is 8.66. The summed E-state index contributed by atoms with van der Waals surface area (Å²) < 4.78 is 27.4. The molecule has 112 valence electrons. The SMILES string of the molecule is C=CC(=O)OCCO[Si](OCC)(OCC)O[SiH](C)C. The van der Waals surface area contributed by atoms with E-state index in [9.17, 15) is 4.79 Å². The van der Waals surface area contributed by atoms with Crippen molar-refractivity contribution in [3.05, 3.63) is 12.7 Å². The van der Waals surface area contributed by atoms with Crippen LogP contribution in [0.4, 0.5) is 0 Å². The maximum atomic E-state index is 10.9. The van der Waals surface area contributed by atoms with Crippen molar-refractivity contribution in [3.8, 4) is 0 Å². The van der Waals surface area contributed by atoms with E-state index in [-0.39, 0.29) is 13.2 Å². The lowest BCUT2D eigenvalue weighted by atomic mass is 10.6. The van der Waals surface area contributed by atoms with Gasteiger partial charge in [-0.15, -0.1) is 0 Å². The minimum absolute atomic E-state index is 0.114. The molecule has 0 heterocycles. The summed E-state index contributed by atoms with van der Waals surface area (Å²) in [7, 11) is -4.47. The fraction of sp³-hybridized carbons (Fsp3) is 0.727. The van der Waals surface area contributed by atoms with E-state index in [1.165, 1.54) is 0 Å². The number of rotatable bonds is 11. The molecule has 0 saturated heterocycles. The van der Waals surface area contributed by atoms with Crippen molar-refractivity contribution in [3.63, 3.8) is 0 Å². The average molecular weight is 308 g/mol. The highest BCUT2D eigenvalue weighted by atomic mass is 28.4. The first kappa shape index (κ1) is 18.5. The van der Waals surface area contributed by atoms with Gasteiger partial charge < -0.3 is 22.1 Å². The van der Waals surface area contributed by atoms with Crippen molar-refractivity contribution >= 4 is 24.1 Å². The predicted octanol–water partition coefficient (Wildman–Crippen LogP) is 1.24. The van der Waals surface area contributed by atoms with E-state index in [1.54, 1.807) is 0 Å². The molecule has 0 unspecified atom stereocenters. The third kappa shape index (κ3) is 8.29. The largest absolute Gasteiger partial charge is 0.668 e. The van der Waals surface area contributed by atoms with Crippen molar-refractivity contribution < 1.29 is 26.9 Å². The number of carbonyl (C=O) groups excluding carboxylic acids is 1. The molecule has 0 aromatic heterocycles. The average Bonchev–Trinajstić information content (AvgIpc) is 2.34. The Hall–Kier alpha value is -0.516. The van der Waals surface area contributed by atoms with Crippen molar-refractivity contribution in [2.45, 2.75) is 26.9 Å². The first-order valence-electron chi connectivity index (χ1n) is 6.38. The summed E-state index contributed by atoms with van der Waals surface area (Å²) in [5.74, 6) is -0.483. The van der Waals surface area contributed by atoms with Gasteiger partial charge in [-0.2, -0.15) is 0 Å². The van der Waals surface area contributed by atoms with Crippen LogP contribution in [0, 0.1) is 0 Å². The first-order chi connectivity index (χ1) is 8.99. The fourth-order valence-electron chi connectivity index (χ4n) is 1.24. The smallest absolute Gasteiger partial charge is 0.460 e. The number of hydrogen-bond acceptors (Lipinski definition) is 6. The maximum absolute atomic E-state index is 10.9. The van der Waals surface area contributed by atoms with Crippen molar-refractivity contribution in [2.75, 3.05) is 26.4 Å². The zero-order valence-corrected chi connectivity index (χ0v) is 14.3. The maximum Gasteiger partial charge on any atom is 0.668 e. The van der Waals surface area contributed by atoms with Crippen LogP contribution in [-0.2, 0) is 26.9 Å². The van der Waals surface area contributed by atoms with Crippen LogP contribution in [-0.4, -0.2) is 50.5 Å². The van der Waals surface area contributed by atoms with Gasteiger partial charge in [-0.3, -0.25) is 0 Å². The third-order valence-corrected chi connectivity index (χ3v) is 6.68. The molecule has 19 heavy (non-hydrogen) atoms. The van der Waals surface area contributed by atoms with Crippen molar-refractivity contribution in [1.82, 2.24) is 0 Å². The molecule has 0 spiro atoms. The molecule has 0 fully saturated rings. The van der Waals surface area contributed by atoms with E-state index in [0.29, 0.717) is 13.2 Å². The summed E-state index contributed by atoms with van der Waals surface area (Å²) in [6.45, 7) is 12.2. The molecule has 0 atom stereocenters. The Morgan fingerprint density at radius 3 is 2.16 bits per heavy atom. The van der Waals surface area contributed by atoms with Crippen LogP contribution in [0.1, 0.15) is 13.8 Å². The number of esters is 1. The van der Waals surface area contributed by atoms with E-state index < -0.39 is 24.1 Å². The van der Waals surface area contributed by atoms with Gasteiger partial charge in [0.15, 0.2) is 9.04 Å². The quantitative estimate of drug-likeness (QED) is 0.248. The molecule has 6 nitrogen and oxygen atoms in total. The molecule has 0 rings (SSSR count). The van der Waals surface area contributed by atoms with Gasteiger partial charge >= 0.3 is 15.0 Å². The standard InChI is InChI=1S/C11H24O6Si2/c1-6-11(12)13-9-10-16-19(14-7-2,15-8-3)17-18(4)5/h6,18H,1,7-10H2,2-5H3. The Kier molecular flexibility index (Phi) is 10.0. The van der Waals surface area contributed by atoms with Crippen LogP contribution < -0.4 is 0 Å². The molecule has 0 N–H and O–H groups in total. The summed E-state index contributed by atoms with van der Waals surface area (Å²) in [5.41, 5.74) is 0. The highest BCUT2D eigenvalue weighted by Gasteiger charge is 2.45. The van der Waals surface area contributed by atoms with E-state index in [2.05, 4.69) is 6.58 Å². The third-order valence-electron chi connectivity index (χ3n) is 1.80. The Morgan fingerprint density at radius 2 is 1.74 bits per heavy atom. The molecule has 0 aromatic carbocycles. The number of ether oxygens (including phenoxy) is 1. The molecule has 0 aliphatic rings. The van der Waals surface area contributed by atoms with Gasteiger partial charge in [0.25, 0.3) is 0 Å². The number of hydrogen-bond donors (Lipinski definition) is 0. The molecule has 0 aliphatic carbocycles. The minimum atomic E-state index is -3.10. The van der Waals surface area contributed by atoms with Crippen LogP contribution in [0.3, 0.4) is 0 Å². The Balaban J connectivity index is 4.37. The first-order valence-corrected chi connectivity index (χ1v) is 10.8. The summed E-state index contributed by atoms with van der Waals surface area (Å²) in [6, 6.07) is 0. The Bertz CT molecular complexity index is 266. The molecular weight excluding hydrogens is 284 g/mol. The Labute approximate surface area is 117 Å². The topological polar surface area (TPSA) is 63.2 Å². The van der Waals surface area contributed by atoms with Gasteiger partial charge in [-0.25, -0.2) is 4.79 Å². The summed E-state index contributed by atoms with van der Waals surface area (Å²) in [4.78, 5) is 10.9. The predicted molar refractivity (Wildman–Crippen MR) is 76.1 cm³/mol. The normalized spacial score (nSPS) is 11.6. The lowest BCUT2D eigenvalue weighted by Gasteiger charge is -2.29. The van der Waals surface area contributed by atoms with Crippen molar-refractivity contribution in [2.24, 2.45) is 0 Å². The summed E-state index contributed by atoms with van der Waals surface area (Å²) >= 11 is 0. The van der Waals surface area contributed by atoms with Gasteiger partial charge in [-0.05, 0) is 26.9 Å². The van der Waals surface area contributed by atoms with Crippen LogP contribution in [0.25, 0.3) is 0 Å². The van der Waals surface area contributed by atoms with Crippen LogP contribution in [0.2, 0.25) is 13.1 Å². The van der Waals surface area contributed by atoms with E-state index in [1.807, 2.05) is 26.9 Å². The van der Waals surface area contributed by atoms with Gasteiger partial charge in [0.05, 0.1) is 6.61 Å². The zero-order chi connectivity index (χ0) is 14.7. The van der Waals surface area contributed by atoms with Gasteiger partial charge in [0.2, 0.25) is 0 Å².